The number of aliphatic imine (C=N–C) groups is 1. The van der Waals surface area contributed by atoms with Crippen LogP contribution in [0.2, 0.25) is 0 Å². The molecule has 2 saturated heterocycles. The molecule has 0 aliphatic carbocycles. The first-order valence-corrected chi connectivity index (χ1v) is 9.18. The topological polar surface area (TPSA) is 58.1 Å². The molecule has 2 unspecified atom stereocenters. The number of nitrogens with one attached hydrogen (secondary N) is 2. The van der Waals surface area contributed by atoms with E-state index in [1.54, 1.807) is 0 Å². The van der Waals surface area contributed by atoms with Crippen molar-refractivity contribution < 1.29 is 9.47 Å². The first-order valence-electron chi connectivity index (χ1n) is 9.18. The minimum atomic E-state index is 0.306. The molecule has 0 bridgehead atoms. The average Bonchev–Trinajstić information content (AvgIpc) is 3.11. The molecular weight excluding hydrogens is 292 g/mol. The lowest BCUT2D eigenvalue weighted by atomic mass is 9.98. The molecule has 0 aromatic rings. The Hall–Kier alpha value is -0.850. The zero-order chi connectivity index (χ0) is 16.3. The van der Waals surface area contributed by atoms with E-state index in [1.807, 2.05) is 7.05 Å². The van der Waals surface area contributed by atoms with Crippen molar-refractivity contribution >= 4 is 5.96 Å². The molecule has 23 heavy (non-hydrogen) atoms. The Kier molecular flexibility index (Phi) is 8.71. The largest absolute Gasteiger partial charge is 0.379 e. The summed E-state index contributed by atoms with van der Waals surface area (Å²) in [5.74, 6) is 1.63. The van der Waals surface area contributed by atoms with E-state index in [9.17, 15) is 0 Å². The van der Waals surface area contributed by atoms with Gasteiger partial charge >= 0.3 is 0 Å². The van der Waals surface area contributed by atoms with Gasteiger partial charge in [-0.2, -0.15) is 0 Å². The van der Waals surface area contributed by atoms with E-state index in [0.717, 1.165) is 64.2 Å². The quantitative estimate of drug-likeness (QED) is 0.397. The van der Waals surface area contributed by atoms with Gasteiger partial charge < -0.3 is 25.0 Å². The van der Waals surface area contributed by atoms with E-state index in [1.165, 1.54) is 25.9 Å². The van der Waals surface area contributed by atoms with Crippen LogP contribution in [0.4, 0.5) is 0 Å². The number of hydrogen-bond donors (Lipinski definition) is 2. The van der Waals surface area contributed by atoms with Crippen molar-refractivity contribution in [2.75, 3.05) is 59.6 Å². The highest BCUT2D eigenvalue weighted by Crippen LogP contribution is 2.15. The Morgan fingerprint density at radius 3 is 3.00 bits per heavy atom. The number of ether oxygens (including phenoxy) is 2. The summed E-state index contributed by atoms with van der Waals surface area (Å²) in [6, 6.07) is 0. The summed E-state index contributed by atoms with van der Waals surface area (Å²) in [5.41, 5.74) is 0. The van der Waals surface area contributed by atoms with Gasteiger partial charge in [-0.25, -0.2) is 0 Å². The molecule has 2 aliphatic heterocycles. The Morgan fingerprint density at radius 1 is 1.35 bits per heavy atom. The highest BCUT2D eigenvalue weighted by Gasteiger charge is 2.18. The first-order chi connectivity index (χ1) is 11.3. The summed E-state index contributed by atoms with van der Waals surface area (Å²) in [6.07, 6.45) is 4.96. The van der Waals surface area contributed by atoms with Crippen LogP contribution in [-0.2, 0) is 9.47 Å². The van der Waals surface area contributed by atoms with Crippen LogP contribution < -0.4 is 10.6 Å². The minimum Gasteiger partial charge on any atom is -0.379 e. The van der Waals surface area contributed by atoms with E-state index < -0.39 is 0 Å². The molecule has 0 aromatic carbocycles. The molecule has 2 atom stereocenters. The molecule has 2 N–H and O–H groups in total. The van der Waals surface area contributed by atoms with Crippen LogP contribution in [0.5, 0.6) is 0 Å². The third kappa shape index (κ3) is 7.06. The molecule has 0 saturated carbocycles. The lowest BCUT2D eigenvalue weighted by Crippen LogP contribution is -2.44. The number of nitrogens with zero attached hydrogens (tertiary/aromatic N) is 2. The predicted octanol–water partition coefficient (Wildman–Crippen LogP) is 1.08. The van der Waals surface area contributed by atoms with Crippen molar-refractivity contribution in [2.24, 2.45) is 10.9 Å². The highest BCUT2D eigenvalue weighted by molar-refractivity contribution is 5.79. The second-order valence-electron chi connectivity index (χ2n) is 6.49. The molecule has 6 heteroatoms. The number of rotatable bonds is 8. The predicted molar refractivity (Wildman–Crippen MR) is 94.0 cm³/mol. The van der Waals surface area contributed by atoms with Crippen LogP contribution in [0.25, 0.3) is 0 Å². The molecule has 2 fully saturated rings. The van der Waals surface area contributed by atoms with Crippen LogP contribution in [0.1, 0.15) is 32.6 Å². The van der Waals surface area contributed by atoms with Crippen molar-refractivity contribution in [1.82, 2.24) is 15.5 Å². The maximum Gasteiger partial charge on any atom is 0.190 e. The second-order valence-corrected chi connectivity index (χ2v) is 6.49. The van der Waals surface area contributed by atoms with E-state index >= 15 is 0 Å². The zero-order valence-electron chi connectivity index (χ0n) is 14.9. The first kappa shape index (κ1) is 18.5. The average molecular weight is 326 g/mol. The molecule has 0 spiro atoms. The highest BCUT2D eigenvalue weighted by atomic mass is 16.5. The molecule has 0 amide bonds. The molecule has 134 valence electrons. The van der Waals surface area contributed by atoms with E-state index in [4.69, 9.17) is 9.47 Å². The van der Waals surface area contributed by atoms with Gasteiger partial charge in [0.1, 0.15) is 0 Å². The van der Waals surface area contributed by atoms with E-state index in [-0.39, 0.29) is 0 Å². The maximum absolute atomic E-state index is 5.77. The van der Waals surface area contributed by atoms with Crippen molar-refractivity contribution in [2.45, 2.75) is 38.7 Å². The van der Waals surface area contributed by atoms with Crippen molar-refractivity contribution in [3.63, 3.8) is 0 Å². The molecule has 0 aromatic heterocycles. The lowest BCUT2D eigenvalue weighted by Gasteiger charge is -2.32. The molecule has 0 radical (unpaired) electrons. The summed E-state index contributed by atoms with van der Waals surface area (Å²) in [5, 5.41) is 6.84. The van der Waals surface area contributed by atoms with Gasteiger partial charge in [0.05, 0.1) is 12.7 Å². The fourth-order valence-electron chi connectivity index (χ4n) is 3.24. The second kappa shape index (κ2) is 10.8. The summed E-state index contributed by atoms with van der Waals surface area (Å²) in [4.78, 5) is 6.84. The number of guanidine groups is 1. The van der Waals surface area contributed by atoms with Crippen molar-refractivity contribution in [3.05, 3.63) is 0 Å². The van der Waals surface area contributed by atoms with E-state index in [0.29, 0.717) is 6.10 Å². The molecular formula is C17H34N4O2. The van der Waals surface area contributed by atoms with Gasteiger partial charge in [-0.1, -0.05) is 6.92 Å². The molecule has 2 heterocycles. The summed E-state index contributed by atoms with van der Waals surface area (Å²) in [7, 11) is 1.83. The van der Waals surface area contributed by atoms with Gasteiger partial charge in [0.2, 0.25) is 0 Å². The Morgan fingerprint density at radius 2 is 2.26 bits per heavy atom. The Balaban J connectivity index is 1.52. The van der Waals surface area contributed by atoms with Crippen LogP contribution in [-0.4, -0.2) is 76.6 Å². The van der Waals surface area contributed by atoms with E-state index in [2.05, 4.69) is 27.4 Å². The van der Waals surface area contributed by atoms with Crippen molar-refractivity contribution in [1.29, 1.82) is 0 Å². The van der Waals surface area contributed by atoms with Crippen LogP contribution in [0, 0.1) is 5.92 Å². The zero-order valence-corrected chi connectivity index (χ0v) is 14.9. The van der Waals surface area contributed by atoms with Gasteiger partial charge in [-0.05, 0) is 44.7 Å². The summed E-state index contributed by atoms with van der Waals surface area (Å²) >= 11 is 0. The SMILES string of the molecule is CCN1CCCC(CNC(=NC)NCCCOC2CCOC2)C1. The Labute approximate surface area is 141 Å². The van der Waals surface area contributed by atoms with Crippen molar-refractivity contribution in [3.8, 4) is 0 Å². The molecule has 6 nitrogen and oxygen atoms in total. The Bertz CT molecular complexity index is 345. The smallest absolute Gasteiger partial charge is 0.190 e. The third-order valence-corrected chi connectivity index (χ3v) is 4.69. The fourth-order valence-corrected chi connectivity index (χ4v) is 3.24. The van der Waals surface area contributed by atoms with Crippen LogP contribution in [0.3, 0.4) is 0 Å². The van der Waals surface area contributed by atoms with Crippen LogP contribution in [0.15, 0.2) is 4.99 Å². The summed E-state index contributed by atoms with van der Waals surface area (Å²) in [6.45, 7) is 10.1. The molecule has 2 aliphatic rings. The fraction of sp³-hybridized carbons (Fsp3) is 0.941. The monoisotopic (exact) mass is 326 g/mol. The standard InChI is InChI=1S/C17H34N4O2/c1-3-21-9-4-6-15(13-21)12-20-17(18-2)19-8-5-10-23-16-7-11-22-14-16/h15-16H,3-14H2,1-2H3,(H2,18,19,20). The summed E-state index contributed by atoms with van der Waals surface area (Å²) < 4.78 is 11.1. The van der Waals surface area contributed by atoms with Crippen LogP contribution >= 0.6 is 0 Å². The number of likely N-dealkylation sites (tertiary alicyclic amines) is 1. The minimum absolute atomic E-state index is 0.306. The van der Waals surface area contributed by atoms with Gasteiger partial charge in [0, 0.05) is 39.9 Å². The number of hydrogen-bond acceptors (Lipinski definition) is 4. The van der Waals surface area contributed by atoms with Gasteiger partial charge in [-0.15, -0.1) is 0 Å². The third-order valence-electron chi connectivity index (χ3n) is 4.69. The molecule has 2 rings (SSSR count). The maximum atomic E-state index is 5.77. The lowest BCUT2D eigenvalue weighted by molar-refractivity contribution is 0.0420. The van der Waals surface area contributed by atoms with Gasteiger partial charge in [-0.3, -0.25) is 4.99 Å². The van der Waals surface area contributed by atoms with Gasteiger partial charge in [0.25, 0.3) is 0 Å². The van der Waals surface area contributed by atoms with Gasteiger partial charge in [0.15, 0.2) is 5.96 Å². The number of piperidine rings is 1. The normalized spacial score (nSPS) is 26.4.